The van der Waals surface area contributed by atoms with E-state index in [-0.39, 0.29) is 0 Å². The Morgan fingerprint density at radius 2 is 2.70 bits per heavy atom. The number of ether oxygens (including phenoxy) is 2. The predicted molar refractivity (Wildman–Crippen MR) is 35.5 cm³/mol. The van der Waals surface area contributed by atoms with Crippen LogP contribution in [0.25, 0.3) is 0 Å². The Kier molecular flexibility index (Phi) is 2.06. The normalized spacial score (nSPS) is 30.1. The van der Waals surface area contributed by atoms with Crippen LogP contribution in [0, 0.1) is 0 Å². The van der Waals surface area contributed by atoms with Gasteiger partial charge in [-0.2, -0.15) is 0 Å². The largest absolute Gasteiger partial charge is 0.485 e. The topological polar surface area (TPSA) is 35.5 Å². The average molecular weight is 142 g/mol. The van der Waals surface area contributed by atoms with Gasteiger partial charge in [0.1, 0.15) is 0 Å². The summed E-state index contributed by atoms with van der Waals surface area (Å²) in [5, 5.41) is 0. The van der Waals surface area contributed by atoms with Crippen LogP contribution in [-0.4, -0.2) is 25.6 Å². The highest BCUT2D eigenvalue weighted by atomic mass is 16.5. The zero-order valence-electron chi connectivity index (χ0n) is 5.87. The molecule has 0 N–H and O–H groups in total. The van der Waals surface area contributed by atoms with E-state index in [0.29, 0.717) is 13.0 Å². The van der Waals surface area contributed by atoms with E-state index in [2.05, 4.69) is 0 Å². The minimum absolute atomic E-state index is 0.323. The van der Waals surface area contributed by atoms with Gasteiger partial charge in [-0.15, -0.1) is 0 Å². The van der Waals surface area contributed by atoms with Crippen molar-refractivity contribution in [1.82, 2.24) is 0 Å². The van der Waals surface area contributed by atoms with Crippen molar-refractivity contribution in [1.29, 1.82) is 0 Å². The van der Waals surface area contributed by atoms with Gasteiger partial charge in [0.15, 0.2) is 11.9 Å². The molecule has 1 atom stereocenters. The van der Waals surface area contributed by atoms with Crippen LogP contribution in [-0.2, 0) is 14.3 Å². The smallest absolute Gasteiger partial charge is 0.189 e. The molecule has 0 fully saturated rings. The Morgan fingerprint density at radius 1 is 1.90 bits per heavy atom. The second-order valence-corrected chi connectivity index (χ2v) is 2.31. The molecule has 1 rings (SSSR count). The van der Waals surface area contributed by atoms with Gasteiger partial charge in [-0.3, -0.25) is 4.79 Å². The van der Waals surface area contributed by atoms with Gasteiger partial charge in [0.25, 0.3) is 0 Å². The second-order valence-electron chi connectivity index (χ2n) is 2.31. The van der Waals surface area contributed by atoms with Crippen molar-refractivity contribution in [2.24, 2.45) is 0 Å². The van der Waals surface area contributed by atoms with Gasteiger partial charge in [-0.25, -0.2) is 0 Å². The van der Waals surface area contributed by atoms with E-state index < -0.39 is 5.60 Å². The molecule has 1 aliphatic rings. The molecule has 0 saturated heterocycles. The average Bonchev–Trinajstić information content (AvgIpc) is 2.39. The molecule has 0 spiro atoms. The molecule has 0 aromatic carbocycles. The van der Waals surface area contributed by atoms with Gasteiger partial charge >= 0.3 is 0 Å². The van der Waals surface area contributed by atoms with Crippen LogP contribution in [0.1, 0.15) is 6.42 Å². The van der Waals surface area contributed by atoms with Gasteiger partial charge in [0.2, 0.25) is 0 Å². The third kappa shape index (κ3) is 1.19. The van der Waals surface area contributed by atoms with Crippen molar-refractivity contribution < 1.29 is 14.3 Å². The lowest BCUT2D eigenvalue weighted by Gasteiger charge is -2.20. The summed E-state index contributed by atoms with van der Waals surface area (Å²) in [5.74, 6) is 0. The van der Waals surface area contributed by atoms with Gasteiger partial charge in [0.05, 0.1) is 12.9 Å². The Hall–Kier alpha value is -0.830. The molecule has 0 aromatic rings. The number of methoxy groups -OCH3 is 1. The van der Waals surface area contributed by atoms with Crippen LogP contribution < -0.4 is 0 Å². The van der Waals surface area contributed by atoms with Crippen molar-refractivity contribution in [2.45, 2.75) is 12.0 Å². The number of hydrogen-bond donors (Lipinski definition) is 0. The second kappa shape index (κ2) is 2.84. The van der Waals surface area contributed by atoms with E-state index in [1.807, 2.05) is 6.08 Å². The highest BCUT2D eigenvalue weighted by Gasteiger charge is 2.32. The van der Waals surface area contributed by atoms with Crippen LogP contribution in [0.3, 0.4) is 0 Å². The summed E-state index contributed by atoms with van der Waals surface area (Å²) in [4.78, 5) is 10.5. The SMILES string of the molecule is COCC1(C=O)CC=CO1. The summed E-state index contributed by atoms with van der Waals surface area (Å²) >= 11 is 0. The zero-order valence-corrected chi connectivity index (χ0v) is 5.87. The highest BCUT2D eigenvalue weighted by Crippen LogP contribution is 2.20. The van der Waals surface area contributed by atoms with Gasteiger partial charge < -0.3 is 9.47 Å². The summed E-state index contributed by atoms with van der Waals surface area (Å²) < 4.78 is 9.88. The van der Waals surface area contributed by atoms with Crippen LogP contribution in [0.4, 0.5) is 0 Å². The van der Waals surface area contributed by atoms with Gasteiger partial charge in [0, 0.05) is 13.5 Å². The molecular formula is C7H10O3. The highest BCUT2D eigenvalue weighted by molar-refractivity contribution is 5.64. The minimum atomic E-state index is -0.727. The van der Waals surface area contributed by atoms with Crippen LogP contribution >= 0.6 is 0 Å². The van der Waals surface area contributed by atoms with E-state index in [1.54, 1.807) is 7.11 Å². The monoisotopic (exact) mass is 142 g/mol. The Labute approximate surface area is 59.6 Å². The molecule has 1 heterocycles. The maximum Gasteiger partial charge on any atom is 0.189 e. The Morgan fingerprint density at radius 3 is 3.10 bits per heavy atom. The molecule has 3 heteroatoms. The molecule has 0 aliphatic carbocycles. The Balaban J connectivity index is 2.52. The summed E-state index contributed by atoms with van der Waals surface area (Å²) in [6.07, 6.45) is 4.75. The van der Waals surface area contributed by atoms with E-state index in [9.17, 15) is 4.79 Å². The van der Waals surface area contributed by atoms with Crippen molar-refractivity contribution >= 4 is 6.29 Å². The van der Waals surface area contributed by atoms with Crippen LogP contribution in [0.5, 0.6) is 0 Å². The molecule has 0 amide bonds. The minimum Gasteiger partial charge on any atom is -0.485 e. The quantitative estimate of drug-likeness (QED) is 0.538. The van der Waals surface area contributed by atoms with E-state index in [1.165, 1.54) is 6.26 Å². The van der Waals surface area contributed by atoms with E-state index in [4.69, 9.17) is 9.47 Å². The number of aldehydes is 1. The first kappa shape index (κ1) is 7.28. The summed E-state index contributed by atoms with van der Waals surface area (Å²) in [7, 11) is 1.55. The summed E-state index contributed by atoms with van der Waals surface area (Å²) in [6.45, 7) is 0.323. The molecule has 0 radical (unpaired) electrons. The molecule has 56 valence electrons. The van der Waals surface area contributed by atoms with E-state index in [0.717, 1.165) is 6.29 Å². The third-order valence-corrected chi connectivity index (χ3v) is 1.47. The standard InChI is InChI=1S/C7H10O3/c1-9-6-7(5-8)3-2-4-10-7/h2,4-5H,3,6H2,1H3. The number of carbonyl (C=O) groups excluding carboxylic acids is 1. The van der Waals surface area contributed by atoms with Crippen molar-refractivity contribution in [3.63, 3.8) is 0 Å². The maximum atomic E-state index is 10.5. The van der Waals surface area contributed by atoms with Crippen molar-refractivity contribution in [3.8, 4) is 0 Å². The molecule has 0 bridgehead atoms. The fourth-order valence-electron chi connectivity index (χ4n) is 0.927. The number of rotatable bonds is 3. The molecular weight excluding hydrogens is 132 g/mol. The fraction of sp³-hybridized carbons (Fsp3) is 0.571. The molecule has 1 unspecified atom stereocenters. The molecule has 10 heavy (non-hydrogen) atoms. The summed E-state index contributed by atoms with van der Waals surface area (Å²) in [5.41, 5.74) is -0.727. The molecule has 0 saturated carbocycles. The third-order valence-electron chi connectivity index (χ3n) is 1.47. The first-order chi connectivity index (χ1) is 4.83. The van der Waals surface area contributed by atoms with E-state index >= 15 is 0 Å². The lowest BCUT2D eigenvalue weighted by molar-refractivity contribution is -0.127. The predicted octanol–water partition coefficient (Wildman–Crippen LogP) is 0.505. The fourth-order valence-corrected chi connectivity index (χ4v) is 0.927. The summed E-state index contributed by atoms with van der Waals surface area (Å²) in [6, 6.07) is 0. The maximum absolute atomic E-state index is 10.5. The van der Waals surface area contributed by atoms with Crippen LogP contribution in [0.15, 0.2) is 12.3 Å². The van der Waals surface area contributed by atoms with Crippen molar-refractivity contribution in [3.05, 3.63) is 12.3 Å². The molecule has 3 nitrogen and oxygen atoms in total. The zero-order chi connectivity index (χ0) is 7.45. The Bertz CT molecular complexity index is 143. The number of carbonyl (C=O) groups is 1. The van der Waals surface area contributed by atoms with Crippen LogP contribution in [0.2, 0.25) is 0 Å². The van der Waals surface area contributed by atoms with Gasteiger partial charge in [-0.1, -0.05) is 0 Å². The molecule has 0 aromatic heterocycles. The lowest BCUT2D eigenvalue weighted by Crippen LogP contribution is -2.34. The number of hydrogen-bond acceptors (Lipinski definition) is 3. The molecule has 1 aliphatic heterocycles. The first-order valence-corrected chi connectivity index (χ1v) is 3.11. The van der Waals surface area contributed by atoms with Gasteiger partial charge in [-0.05, 0) is 6.08 Å². The lowest BCUT2D eigenvalue weighted by atomic mass is 10.1. The van der Waals surface area contributed by atoms with Crippen molar-refractivity contribution in [2.75, 3.05) is 13.7 Å². The first-order valence-electron chi connectivity index (χ1n) is 3.11.